The summed E-state index contributed by atoms with van der Waals surface area (Å²) in [4.78, 5) is 14.4. The van der Waals surface area contributed by atoms with Crippen molar-refractivity contribution in [2.24, 2.45) is 0 Å². The lowest BCUT2D eigenvalue weighted by atomic mass is 10.0. The van der Waals surface area contributed by atoms with Gasteiger partial charge in [0.15, 0.2) is 5.82 Å². The van der Waals surface area contributed by atoms with Crippen LogP contribution >= 0.6 is 0 Å². The van der Waals surface area contributed by atoms with Crippen molar-refractivity contribution in [2.75, 3.05) is 38.6 Å². The fourth-order valence-corrected chi connectivity index (χ4v) is 3.45. The second-order valence-corrected chi connectivity index (χ2v) is 7.16. The molecule has 1 aromatic carbocycles. The van der Waals surface area contributed by atoms with Crippen LogP contribution < -0.4 is 10.5 Å². The summed E-state index contributed by atoms with van der Waals surface area (Å²) in [6, 6.07) is 9.13. The summed E-state index contributed by atoms with van der Waals surface area (Å²) in [5.41, 5.74) is 11.3. The van der Waals surface area contributed by atoms with Gasteiger partial charge in [0.2, 0.25) is 0 Å². The number of anilines is 1. The van der Waals surface area contributed by atoms with Gasteiger partial charge in [0, 0.05) is 37.8 Å². The van der Waals surface area contributed by atoms with Gasteiger partial charge in [0.05, 0.1) is 19.8 Å². The molecular formula is C21H27N5O2. The second kappa shape index (κ2) is 8.58. The van der Waals surface area contributed by atoms with Crippen LogP contribution in [0.2, 0.25) is 0 Å². The monoisotopic (exact) mass is 381 g/mol. The number of aromatic amines is 1. The smallest absolute Gasteiger partial charge is 0.319 e. The maximum atomic E-state index is 6.07. The Labute approximate surface area is 164 Å². The van der Waals surface area contributed by atoms with Gasteiger partial charge in [-0.15, -0.1) is 0 Å². The van der Waals surface area contributed by atoms with E-state index in [9.17, 15) is 0 Å². The fraction of sp³-hybridized carbons (Fsp3) is 0.429. The number of rotatable bonds is 7. The summed E-state index contributed by atoms with van der Waals surface area (Å²) >= 11 is 0. The van der Waals surface area contributed by atoms with Crippen molar-refractivity contribution in [1.82, 2.24) is 19.9 Å². The van der Waals surface area contributed by atoms with Crippen LogP contribution in [0.5, 0.6) is 6.01 Å². The number of nitrogens with zero attached hydrogens (tertiary/aromatic N) is 3. The van der Waals surface area contributed by atoms with Crippen molar-refractivity contribution in [3.8, 4) is 6.01 Å². The molecule has 0 bridgehead atoms. The van der Waals surface area contributed by atoms with Crippen molar-refractivity contribution >= 4 is 16.9 Å². The SMILES string of the molecule is CCCOc1nc(N)c2[nH]cc(Cc3ccc(CN4CCOCC4)cc3)c2n1. The van der Waals surface area contributed by atoms with Gasteiger partial charge in [-0.3, -0.25) is 4.90 Å². The van der Waals surface area contributed by atoms with Crippen molar-refractivity contribution in [3.05, 3.63) is 47.2 Å². The third-order valence-electron chi connectivity index (χ3n) is 4.97. The van der Waals surface area contributed by atoms with Crippen molar-refractivity contribution in [3.63, 3.8) is 0 Å². The molecule has 7 nitrogen and oxygen atoms in total. The van der Waals surface area contributed by atoms with E-state index in [0.717, 1.165) is 62.3 Å². The minimum atomic E-state index is 0.341. The molecule has 0 radical (unpaired) electrons. The van der Waals surface area contributed by atoms with Gasteiger partial charge in [-0.05, 0) is 17.5 Å². The molecule has 3 heterocycles. The molecule has 3 aromatic rings. The van der Waals surface area contributed by atoms with E-state index < -0.39 is 0 Å². The lowest BCUT2D eigenvalue weighted by Gasteiger charge is -2.26. The number of fused-ring (bicyclic) bond motifs is 1. The Bertz CT molecular complexity index is 916. The Balaban J connectivity index is 1.48. The minimum Gasteiger partial charge on any atom is -0.463 e. The zero-order valence-corrected chi connectivity index (χ0v) is 16.3. The molecule has 1 aliphatic heterocycles. The normalized spacial score (nSPS) is 15.2. The average molecular weight is 381 g/mol. The molecule has 0 unspecified atom stereocenters. The van der Waals surface area contributed by atoms with Gasteiger partial charge in [-0.1, -0.05) is 31.2 Å². The van der Waals surface area contributed by atoms with Crippen LogP contribution in [0, 0.1) is 0 Å². The van der Waals surface area contributed by atoms with E-state index in [0.29, 0.717) is 18.4 Å². The molecule has 148 valence electrons. The lowest BCUT2D eigenvalue weighted by molar-refractivity contribution is 0.0342. The molecule has 2 aromatic heterocycles. The van der Waals surface area contributed by atoms with E-state index in [1.807, 2.05) is 13.1 Å². The summed E-state index contributed by atoms with van der Waals surface area (Å²) in [5.74, 6) is 0.420. The van der Waals surface area contributed by atoms with E-state index in [1.54, 1.807) is 0 Å². The largest absolute Gasteiger partial charge is 0.463 e. The molecule has 4 rings (SSSR count). The minimum absolute atomic E-state index is 0.341. The van der Waals surface area contributed by atoms with E-state index in [4.69, 9.17) is 15.2 Å². The Morgan fingerprint density at radius 1 is 1.14 bits per heavy atom. The molecular weight excluding hydrogens is 354 g/mol. The van der Waals surface area contributed by atoms with Crippen LogP contribution in [-0.4, -0.2) is 52.8 Å². The van der Waals surface area contributed by atoms with Crippen LogP contribution in [0.15, 0.2) is 30.5 Å². The van der Waals surface area contributed by atoms with Gasteiger partial charge in [0.25, 0.3) is 0 Å². The average Bonchev–Trinajstić information content (AvgIpc) is 3.12. The number of aromatic nitrogens is 3. The van der Waals surface area contributed by atoms with Crippen molar-refractivity contribution in [1.29, 1.82) is 0 Å². The van der Waals surface area contributed by atoms with Crippen LogP contribution in [0.25, 0.3) is 11.0 Å². The first-order valence-electron chi connectivity index (χ1n) is 9.87. The second-order valence-electron chi connectivity index (χ2n) is 7.16. The number of H-pyrrole nitrogens is 1. The maximum absolute atomic E-state index is 6.07. The third-order valence-corrected chi connectivity index (χ3v) is 4.97. The first kappa shape index (κ1) is 18.7. The summed E-state index contributed by atoms with van der Waals surface area (Å²) in [6.07, 6.45) is 3.64. The molecule has 7 heteroatoms. The molecule has 0 aliphatic carbocycles. The Hall–Kier alpha value is -2.64. The number of nitrogens with two attached hydrogens (primary N) is 1. The highest BCUT2D eigenvalue weighted by molar-refractivity contribution is 5.87. The summed E-state index contributed by atoms with van der Waals surface area (Å²) in [6.45, 7) is 7.25. The van der Waals surface area contributed by atoms with Crippen LogP contribution in [0.1, 0.15) is 30.0 Å². The number of benzene rings is 1. The van der Waals surface area contributed by atoms with Crippen molar-refractivity contribution in [2.45, 2.75) is 26.3 Å². The lowest BCUT2D eigenvalue weighted by Crippen LogP contribution is -2.35. The molecule has 0 atom stereocenters. The summed E-state index contributed by atoms with van der Waals surface area (Å²) in [7, 11) is 0. The maximum Gasteiger partial charge on any atom is 0.319 e. The molecule has 1 aliphatic rings. The number of nitrogen functional groups attached to an aromatic ring is 1. The highest BCUT2D eigenvalue weighted by atomic mass is 16.5. The fourth-order valence-electron chi connectivity index (χ4n) is 3.45. The Kier molecular flexibility index (Phi) is 5.73. The van der Waals surface area contributed by atoms with Crippen molar-refractivity contribution < 1.29 is 9.47 Å². The predicted octanol–water partition coefficient (Wildman–Crippen LogP) is 2.75. The molecule has 0 spiro atoms. The zero-order valence-electron chi connectivity index (χ0n) is 16.3. The summed E-state index contributed by atoms with van der Waals surface area (Å²) in [5, 5.41) is 0. The van der Waals surface area contributed by atoms with Gasteiger partial charge in [0.1, 0.15) is 11.0 Å². The highest BCUT2D eigenvalue weighted by Crippen LogP contribution is 2.25. The number of hydrogen-bond acceptors (Lipinski definition) is 6. The standard InChI is InChI=1S/C21H27N5O2/c1-2-9-28-21-24-18-17(13-23-19(18)20(22)25-21)12-15-3-5-16(6-4-15)14-26-7-10-27-11-8-26/h3-6,13,23H,2,7-12,14H2,1H3,(H2,22,24,25). The molecule has 3 N–H and O–H groups in total. The third kappa shape index (κ3) is 4.26. The first-order chi connectivity index (χ1) is 13.7. The number of morpholine rings is 1. The van der Waals surface area contributed by atoms with Gasteiger partial charge >= 0.3 is 6.01 Å². The summed E-state index contributed by atoms with van der Waals surface area (Å²) < 4.78 is 11.0. The Morgan fingerprint density at radius 2 is 1.89 bits per heavy atom. The molecule has 1 saturated heterocycles. The topological polar surface area (TPSA) is 89.3 Å². The molecule has 28 heavy (non-hydrogen) atoms. The van der Waals surface area contributed by atoms with E-state index in [-0.39, 0.29) is 0 Å². The molecule has 1 fully saturated rings. The van der Waals surface area contributed by atoms with Gasteiger partial charge in [-0.2, -0.15) is 9.97 Å². The zero-order chi connectivity index (χ0) is 19.3. The van der Waals surface area contributed by atoms with Crippen LogP contribution in [0.4, 0.5) is 5.82 Å². The van der Waals surface area contributed by atoms with E-state index >= 15 is 0 Å². The quantitative estimate of drug-likeness (QED) is 0.654. The van der Waals surface area contributed by atoms with Gasteiger partial charge in [-0.25, -0.2) is 0 Å². The first-order valence-corrected chi connectivity index (χ1v) is 9.87. The number of ether oxygens (including phenoxy) is 2. The van der Waals surface area contributed by atoms with Crippen LogP contribution in [-0.2, 0) is 17.7 Å². The van der Waals surface area contributed by atoms with E-state index in [2.05, 4.69) is 44.1 Å². The van der Waals surface area contributed by atoms with Crippen LogP contribution in [0.3, 0.4) is 0 Å². The molecule has 0 saturated carbocycles. The van der Waals surface area contributed by atoms with E-state index in [1.165, 1.54) is 11.1 Å². The molecule has 0 amide bonds. The Morgan fingerprint density at radius 3 is 2.64 bits per heavy atom. The highest BCUT2D eigenvalue weighted by Gasteiger charge is 2.13. The number of hydrogen-bond donors (Lipinski definition) is 2. The predicted molar refractivity (Wildman–Crippen MR) is 109 cm³/mol. The van der Waals surface area contributed by atoms with Gasteiger partial charge < -0.3 is 20.2 Å². The number of nitrogens with one attached hydrogen (secondary N) is 1.